The molecule has 32 heavy (non-hydrogen) atoms. The smallest absolute Gasteiger partial charge is 0.411 e. The minimum Gasteiger partial charge on any atom is -0.447 e. The number of anilines is 2. The lowest BCUT2D eigenvalue weighted by atomic mass is 9.78. The van der Waals surface area contributed by atoms with Crippen LogP contribution in [0, 0.1) is 11.2 Å². The Hall–Kier alpha value is -2.35. The molecule has 2 saturated heterocycles. The minimum absolute atomic E-state index is 0.193. The molecule has 0 aromatic heterocycles. The van der Waals surface area contributed by atoms with Gasteiger partial charge in [-0.1, -0.05) is 0 Å². The molecule has 0 bridgehead atoms. The number of amides is 2. The maximum Gasteiger partial charge on any atom is 0.411 e. The lowest BCUT2D eigenvalue weighted by Crippen LogP contribution is -2.50. The van der Waals surface area contributed by atoms with Crippen molar-refractivity contribution >= 4 is 23.4 Å². The fraction of sp³-hybridized carbons (Fsp3) is 0.667. The van der Waals surface area contributed by atoms with Crippen molar-refractivity contribution in [1.82, 2.24) is 4.90 Å². The van der Waals surface area contributed by atoms with Crippen molar-refractivity contribution in [2.75, 3.05) is 29.9 Å². The molecule has 8 heteroatoms. The molecule has 3 aliphatic rings. The maximum atomic E-state index is 15.0. The third-order valence-electron chi connectivity index (χ3n) is 7.11. The van der Waals surface area contributed by atoms with E-state index in [1.807, 2.05) is 9.80 Å². The molecule has 1 atom stereocenters. The number of hydrogen-bond donors (Lipinski definition) is 2. The summed E-state index contributed by atoms with van der Waals surface area (Å²) in [5.74, 6) is -0.230. The summed E-state index contributed by atoms with van der Waals surface area (Å²) in [6, 6.07) is 4.85. The van der Waals surface area contributed by atoms with Gasteiger partial charge in [0, 0.05) is 31.4 Å². The van der Waals surface area contributed by atoms with Crippen molar-refractivity contribution < 1.29 is 23.8 Å². The average Bonchev–Trinajstić information content (AvgIpc) is 3.03. The standard InChI is InChI=1S/C24H34FN3O4/c1-16(2)32-23(31)26-17-4-9-21(20(25)14-17)27-12-3-10-24(15-27)11-13-28(22(24)30)18-5-7-19(29)8-6-18/h4,9,14,16,18-19,29H,3,5-8,10-13,15H2,1-2H3,(H,26,31)/t18?,19?,24-/m0/s1. The van der Waals surface area contributed by atoms with Crippen LogP contribution >= 0.6 is 0 Å². The Morgan fingerprint density at radius 1 is 1.22 bits per heavy atom. The number of likely N-dealkylation sites (tertiary alicyclic amines) is 1. The van der Waals surface area contributed by atoms with Crippen LogP contribution in [0.15, 0.2) is 18.2 Å². The Morgan fingerprint density at radius 2 is 1.97 bits per heavy atom. The van der Waals surface area contributed by atoms with Gasteiger partial charge < -0.3 is 19.6 Å². The zero-order valence-corrected chi connectivity index (χ0v) is 19.0. The van der Waals surface area contributed by atoms with Crippen LogP contribution < -0.4 is 10.2 Å². The van der Waals surface area contributed by atoms with Crippen LogP contribution in [0.25, 0.3) is 0 Å². The number of rotatable bonds is 4. The highest BCUT2D eigenvalue weighted by molar-refractivity contribution is 5.87. The Labute approximate surface area is 188 Å². The highest BCUT2D eigenvalue weighted by atomic mass is 19.1. The van der Waals surface area contributed by atoms with E-state index in [0.717, 1.165) is 51.5 Å². The summed E-state index contributed by atoms with van der Waals surface area (Å²) in [5.41, 5.74) is 0.337. The van der Waals surface area contributed by atoms with Crippen molar-refractivity contribution in [3.8, 4) is 0 Å². The first kappa shape index (κ1) is 22.8. The van der Waals surface area contributed by atoms with Crippen molar-refractivity contribution in [3.05, 3.63) is 24.0 Å². The van der Waals surface area contributed by atoms with E-state index >= 15 is 0 Å². The third kappa shape index (κ3) is 4.70. The second-order valence-corrected chi connectivity index (χ2v) is 9.76. The topological polar surface area (TPSA) is 82.1 Å². The van der Waals surface area contributed by atoms with Gasteiger partial charge in [0.2, 0.25) is 5.91 Å². The van der Waals surface area contributed by atoms with Crippen LogP contribution in [-0.4, -0.2) is 59.9 Å². The zero-order chi connectivity index (χ0) is 22.9. The molecular formula is C24H34FN3O4. The summed E-state index contributed by atoms with van der Waals surface area (Å²) in [6.45, 7) is 5.45. The number of nitrogens with one attached hydrogen (secondary N) is 1. The van der Waals surface area contributed by atoms with Gasteiger partial charge in [0.1, 0.15) is 5.82 Å². The number of nitrogens with zero attached hydrogens (tertiary/aromatic N) is 2. The summed E-state index contributed by atoms with van der Waals surface area (Å²) in [5, 5.41) is 12.3. The largest absolute Gasteiger partial charge is 0.447 e. The number of carbonyl (C=O) groups is 2. The van der Waals surface area contributed by atoms with Crippen molar-refractivity contribution in [1.29, 1.82) is 0 Å². The highest BCUT2D eigenvalue weighted by Gasteiger charge is 2.50. The van der Waals surface area contributed by atoms with Gasteiger partial charge in [-0.05, 0) is 77.0 Å². The van der Waals surface area contributed by atoms with Gasteiger partial charge in [-0.15, -0.1) is 0 Å². The predicted molar refractivity (Wildman–Crippen MR) is 120 cm³/mol. The van der Waals surface area contributed by atoms with Gasteiger partial charge in [-0.3, -0.25) is 10.1 Å². The molecule has 2 heterocycles. The minimum atomic E-state index is -0.615. The van der Waals surface area contributed by atoms with Gasteiger partial charge in [0.05, 0.1) is 23.3 Å². The first-order chi connectivity index (χ1) is 15.3. The molecule has 2 amide bonds. The van der Waals surface area contributed by atoms with Crippen LogP contribution in [0.2, 0.25) is 0 Å². The monoisotopic (exact) mass is 447 g/mol. The predicted octanol–water partition coefficient (Wildman–Crippen LogP) is 3.91. The first-order valence-corrected chi connectivity index (χ1v) is 11.8. The van der Waals surface area contributed by atoms with E-state index in [9.17, 15) is 19.1 Å². The molecule has 1 saturated carbocycles. The summed E-state index contributed by atoms with van der Waals surface area (Å²) >= 11 is 0. The summed E-state index contributed by atoms with van der Waals surface area (Å²) in [7, 11) is 0. The van der Waals surface area contributed by atoms with Gasteiger partial charge in [-0.2, -0.15) is 0 Å². The molecule has 0 radical (unpaired) electrons. The van der Waals surface area contributed by atoms with Crippen LogP contribution in [0.1, 0.15) is 58.8 Å². The van der Waals surface area contributed by atoms with Crippen LogP contribution in [0.4, 0.5) is 20.6 Å². The Bertz CT molecular complexity index is 856. The first-order valence-electron chi connectivity index (χ1n) is 11.8. The Kier molecular flexibility index (Phi) is 6.60. The molecule has 1 spiro atoms. The number of hydrogen-bond acceptors (Lipinski definition) is 5. The van der Waals surface area contributed by atoms with Crippen molar-refractivity contribution in [2.24, 2.45) is 5.41 Å². The van der Waals surface area contributed by atoms with E-state index in [-0.39, 0.29) is 24.2 Å². The molecule has 1 aromatic carbocycles. The van der Waals surface area contributed by atoms with E-state index in [4.69, 9.17) is 4.74 Å². The van der Waals surface area contributed by atoms with Crippen LogP contribution in [0.5, 0.6) is 0 Å². The zero-order valence-electron chi connectivity index (χ0n) is 19.0. The number of benzene rings is 1. The van der Waals surface area contributed by atoms with Crippen LogP contribution in [0.3, 0.4) is 0 Å². The second kappa shape index (κ2) is 9.25. The number of piperidine rings is 1. The number of carbonyl (C=O) groups excluding carboxylic acids is 2. The second-order valence-electron chi connectivity index (χ2n) is 9.76. The fourth-order valence-electron chi connectivity index (χ4n) is 5.48. The van der Waals surface area contributed by atoms with Gasteiger partial charge in [-0.25, -0.2) is 9.18 Å². The molecule has 1 aliphatic carbocycles. The highest BCUT2D eigenvalue weighted by Crippen LogP contribution is 2.43. The third-order valence-corrected chi connectivity index (χ3v) is 7.11. The summed E-state index contributed by atoms with van der Waals surface area (Å²) in [4.78, 5) is 29.3. The SMILES string of the molecule is CC(C)OC(=O)Nc1ccc(N2CCC[C@]3(CCN(C4CCC(O)CC4)C3=O)C2)c(F)c1. The van der Waals surface area contributed by atoms with E-state index in [0.29, 0.717) is 24.5 Å². The van der Waals surface area contributed by atoms with Crippen LogP contribution in [-0.2, 0) is 9.53 Å². The normalized spacial score (nSPS) is 28.5. The molecule has 2 aliphatic heterocycles. The van der Waals surface area contributed by atoms with Gasteiger partial charge >= 0.3 is 6.09 Å². The summed E-state index contributed by atoms with van der Waals surface area (Å²) in [6.07, 6.45) is 4.57. The molecule has 3 fully saturated rings. The van der Waals surface area contributed by atoms with E-state index in [1.54, 1.807) is 26.0 Å². The quantitative estimate of drug-likeness (QED) is 0.732. The number of ether oxygens (including phenoxy) is 1. The van der Waals surface area contributed by atoms with E-state index in [2.05, 4.69) is 5.32 Å². The molecule has 0 unspecified atom stereocenters. The molecular weight excluding hydrogens is 413 g/mol. The number of aliphatic hydroxyl groups is 1. The van der Waals surface area contributed by atoms with Crippen molar-refractivity contribution in [3.63, 3.8) is 0 Å². The average molecular weight is 448 g/mol. The number of aliphatic hydroxyl groups excluding tert-OH is 1. The molecule has 176 valence electrons. The van der Waals surface area contributed by atoms with E-state index in [1.165, 1.54) is 6.07 Å². The molecule has 2 N–H and O–H groups in total. The molecule has 4 rings (SSSR count). The summed E-state index contributed by atoms with van der Waals surface area (Å²) < 4.78 is 20.0. The Balaban J connectivity index is 1.44. The molecule has 1 aromatic rings. The maximum absolute atomic E-state index is 15.0. The Morgan fingerprint density at radius 3 is 2.66 bits per heavy atom. The lowest BCUT2D eigenvalue weighted by molar-refractivity contribution is -0.139. The lowest BCUT2D eigenvalue weighted by Gasteiger charge is -2.41. The molecule has 7 nitrogen and oxygen atoms in total. The van der Waals surface area contributed by atoms with Crippen molar-refractivity contribution in [2.45, 2.75) is 77.0 Å². The van der Waals surface area contributed by atoms with E-state index < -0.39 is 17.3 Å². The number of halogens is 1. The van der Waals surface area contributed by atoms with Gasteiger partial charge in [0.15, 0.2) is 0 Å². The fourth-order valence-corrected chi connectivity index (χ4v) is 5.48. The van der Waals surface area contributed by atoms with Gasteiger partial charge in [0.25, 0.3) is 0 Å².